The van der Waals surface area contributed by atoms with Crippen LogP contribution in [0, 0.1) is 18.3 Å². The van der Waals surface area contributed by atoms with Gasteiger partial charge < -0.3 is 38.5 Å². The zero-order chi connectivity index (χ0) is 45.9. The number of fused-ring (bicyclic) bond motifs is 6. The van der Waals surface area contributed by atoms with E-state index in [1.54, 1.807) is 37.1 Å². The second kappa shape index (κ2) is 17.1. The van der Waals surface area contributed by atoms with Crippen LogP contribution in [-0.4, -0.2) is 91.4 Å². The molecule has 4 atom stereocenters. The minimum Gasteiger partial charge on any atom is -0.444 e. The van der Waals surface area contributed by atoms with Gasteiger partial charge in [0, 0.05) is 54.8 Å². The number of rotatable bonds is 7. The summed E-state index contributed by atoms with van der Waals surface area (Å²) in [5.74, 6) is 1.87. The van der Waals surface area contributed by atoms with Gasteiger partial charge in [0.2, 0.25) is 5.88 Å². The van der Waals surface area contributed by atoms with Crippen molar-refractivity contribution < 1.29 is 23.8 Å². The van der Waals surface area contributed by atoms with E-state index in [0.717, 1.165) is 92.0 Å². The molecule has 66 heavy (non-hydrogen) atoms. The van der Waals surface area contributed by atoms with Gasteiger partial charge in [-0.15, -0.1) is 0 Å². The molecule has 17 heteroatoms. The van der Waals surface area contributed by atoms with Crippen molar-refractivity contribution in [1.29, 1.82) is 5.26 Å². The standard InChI is InChI=1S/C25H25ClN6O2.C24H29N5O3/c1-25(7-8-25)34-24(33)32-16-3-4-17(32)12-18(11-16)31-9-6-19-22(28-14-29-23(19)31)30-21-5-2-15(13-27)10-20(21)26;1-15-20(6-5-10-25-15)31-22-19-9-11-28(21(19)26-14-27-22)18-12-16-7-8-17(13-18)29(16)23(30)32-24(2,3)4/h2,5-6,9-10,14,16-18H,3-4,7-8,11-12H2,1H3,(H,28,29,30);5-6,9-11,14,16-18H,7-8,12-13H2,1-4H3/t2*16-,17-/m00/s1. The monoisotopic (exact) mass is 911 g/mol. The number of nitrogens with zero attached hydrogens (tertiary/aromatic N) is 10. The normalized spacial score (nSPS) is 23.8. The third-order valence-electron chi connectivity index (χ3n) is 13.8. The summed E-state index contributed by atoms with van der Waals surface area (Å²) >= 11 is 6.35. The first-order valence-corrected chi connectivity index (χ1v) is 23.3. The molecule has 0 spiro atoms. The Labute approximate surface area is 388 Å². The molecule has 4 saturated heterocycles. The van der Waals surface area contributed by atoms with Crippen LogP contribution in [0.1, 0.15) is 115 Å². The second-order valence-corrected chi connectivity index (χ2v) is 20.0. The molecule has 0 radical (unpaired) electrons. The van der Waals surface area contributed by atoms with Gasteiger partial charge in [0.25, 0.3) is 0 Å². The minimum absolute atomic E-state index is 0.142. The number of benzene rings is 1. The van der Waals surface area contributed by atoms with E-state index in [-0.39, 0.29) is 54.0 Å². The van der Waals surface area contributed by atoms with Gasteiger partial charge in [0.05, 0.1) is 38.8 Å². The van der Waals surface area contributed by atoms with Gasteiger partial charge in [0.1, 0.15) is 41.0 Å². The maximum atomic E-state index is 12.8. The van der Waals surface area contributed by atoms with Crippen molar-refractivity contribution in [3.05, 3.63) is 90.0 Å². The zero-order valence-electron chi connectivity index (χ0n) is 37.9. The van der Waals surface area contributed by atoms with Crippen LogP contribution in [0.5, 0.6) is 11.6 Å². The van der Waals surface area contributed by atoms with E-state index in [2.05, 4.69) is 57.8 Å². The number of amides is 2. The summed E-state index contributed by atoms with van der Waals surface area (Å²) in [6, 6.07) is 16.3. The van der Waals surface area contributed by atoms with Crippen molar-refractivity contribution >= 4 is 57.4 Å². The SMILES string of the molecule is CC1(OC(=O)N2[C@H]3CC[C@H]2CC(n2ccc4c(Nc5ccc(C#N)cc5Cl)ncnc42)C3)CC1.Cc1ncccc1Oc1ncnc2c1ccn2C1C[C@@H]2CC[C@@H](C1)N2C(=O)OC(C)(C)C. The molecule has 2 amide bonds. The number of hydrogen-bond donors (Lipinski definition) is 1. The molecule has 1 saturated carbocycles. The van der Waals surface area contributed by atoms with Gasteiger partial charge >= 0.3 is 12.2 Å². The Bertz CT molecular complexity index is 2840. The lowest BCUT2D eigenvalue weighted by Crippen LogP contribution is -2.48. The van der Waals surface area contributed by atoms with E-state index in [4.69, 9.17) is 31.1 Å². The number of piperidine rings is 2. The predicted octanol–water partition coefficient (Wildman–Crippen LogP) is 10.6. The number of nitriles is 1. The molecule has 5 aromatic heterocycles. The predicted molar refractivity (Wildman–Crippen MR) is 248 cm³/mol. The Hall–Kier alpha value is -6.47. The van der Waals surface area contributed by atoms with Crippen molar-refractivity contribution in [2.45, 2.75) is 146 Å². The van der Waals surface area contributed by atoms with Crippen molar-refractivity contribution in [3.8, 4) is 17.7 Å². The topological polar surface area (TPSA) is 178 Å². The lowest BCUT2D eigenvalue weighted by atomic mass is 9.97. The quantitative estimate of drug-likeness (QED) is 0.160. The summed E-state index contributed by atoms with van der Waals surface area (Å²) in [6.07, 6.45) is 18.2. The van der Waals surface area contributed by atoms with Crippen LogP contribution in [0.25, 0.3) is 22.1 Å². The molecule has 5 fully saturated rings. The van der Waals surface area contributed by atoms with Crippen LogP contribution >= 0.6 is 11.6 Å². The van der Waals surface area contributed by atoms with Crippen LogP contribution in [-0.2, 0) is 9.47 Å². The van der Waals surface area contributed by atoms with Crippen molar-refractivity contribution in [2.24, 2.45) is 0 Å². The molecule has 5 aliphatic rings. The maximum Gasteiger partial charge on any atom is 0.410 e. The number of aryl methyl sites for hydroxylation is 1. The van der Waals surface area contributed by atoms with E-state index in [0.29, 0.717) is 33.7 Å². The summed E-state index contributed by atoms with van der Waals surface area (Å²) in [6.45, 7) is 9.67. The Morgan fingerprint density at radius 1 is 0.788 bits per heavy atom. The van der Waals surface area contributed by atoms with Gasteiger partial charge in [-0.3, -0.25) is 4.98 Å². The van der Waals surface area contributed by atoms with Gasteiger partial charge in [-0.05, 0) is 141 Å². The van der Waals surface area contributed by atoms with Crippen LogP contribution in [0.2, 0.25) is 5.02 Å². The van der Waals surface area contributed by atoms with E-state index < -0.39 is 5.60 Å². The average Bonchev–Trinajstić information content (AvgIpc) is 3.59. The first-order chi connectivity index (χ1) is 31.7. The van der Waals surface area contributed by atoms with E-state index >= 15 is 0 Å². The number of ether oxygens (including phenoxy) is 3. The Morgan fingerprint density at radius 2 is 1.38 bits per heavy atom. The van der Waals surface area contributed by atoms with Crippen LogP contribution in [0.4, 0.5) is 21.1 Å². The van der Waals surface area contributed by atoms with Gasteiger partial charge in [-0.25, -0.2) is 29.5 Å². The molecule has 1 aliphatic carbocycles. The molecule has 4 aliphatic heterocycles. The number of aromatic nitrogens is 7. The van der Waals surface area contributed by atoms with E-state index in [1.807, 2.05) is 68.7 Å². The molecule has 11 rings (SSSR count). The van der Waals surface area contributed by atoms with Crippen molar-refractivity contribution in [3.63, 3.8) is 0 Å². The molecule has 1 aromatic carbocycles. The number of halogens is 1. The number of carbonyl (C=O) groups excluding carboxylic acids is 2. The first kappa shape index (κ1) is 43.4. The highest BCUT2D eigenvalue weighted by Gasteiger charge is 2.49. The Kier molecular flexibility index (Phi) is 11.2. The smallest absolute Gasteiger partial charge is 0.410 e. The Balaban J connectivity index is 0.000000155. The molecule has 1 N–H and O–H groups in total. The maximum absolute atomic E-state index is 12.8. The first-order valence-electron chi connectivity index (χ1n) is 23.0. The van der Waals surface area contributed by atoms with Gasteiger partial charge in [0.15, 0.2) is 5.75 Å². The number of pyridine rings is 1. The lowest BCUT2D eigenvalue weighted by Gasteiger charge is -2.40. The number of anilines is 2. The molecule has 342 valence electrons. The number of nitrogens with one attached hydrogen (secondary N) is 1. The highest BCUT2D eigenvalue weighted by atomic mass is 35.5. The van der Waals surface area contributed by atoms with Gasteiger partial charge in [-0.1, -0.05) is 11.6 Å². The molecule has 9 heterocycles. The number of hydrogen-bond acceptors (Lipinski definition) is 12. The third kappa shape index (κ3) is 8.56. The largest absolute Gasteiger partial charge is 0.444 e. The van der Waals surface area contributed by atoms with Gasteiger partial charge in [-0.2, -0.15) is 5.26 Å². The minimum atomic E-state index is -0.482. The molecule has 0 unspecified atom stereocenters. The highest BCUT2D eigenvalue weighted by molar-refractivity contribution is 6.33. The van der Waals surface area contributed by atoms with Crippen LogP contribution in [0.3, 0.4) is 0 Å². The summed E-state index contributed by atoms with van der Waals surface area (Å²) in [4.78, 5) is 51.8. The third-order valence-corrected chi connectivity index (χ3v) is 14.1. The van der Waals surface area contributed by atoms with E-state index in [1.165, 1.54) is 0 Å². The summed E-state index contributed by atoms with van der Waals surface area (Å²) in [5, 5.41) is 14.6. The summed E-state index contributed by atoms with van der Waals surface area (Å²) in [5.41, 5.74) is 2.98. The second-order valence-electron chi connectivity index (χ2n) is 19.6. The van der Waals surface area contributed by atoms with Crippen molar-refractivity contribution in [1.82, 2.24) is 43.9 Å². The van der Waals surface area contributed by atoms with Crippen LogP contribution in [0.15, 0.2) is 73.7 Å². The molecule has 6 aromatic rings. The zero-order valence-corrected chi connectivity index (χ0v) is 38.6. The van der Waals surface area contributed by atoms with Crippen LogP contribution < -0.4 is 10.1 Å². The molecule has 4 bridgehead atoms. The summed E-state index contributed by atoms with van der Waals surface area (Å²) in [7, 11) is 0. The number of carbonyl (C=O) groups is 2. The molecule has 16 nitrogen and oxygen atoms in total. The fourth-order valence-electron chi connectivity index (χ4n) is 10.4. The lowest BCUT2D eigenvalue weighted by molar-refractivity contribution is 0.00309. The van der Waals surface area contributed by atoms with E-state index in [9.17, 15) is 9.59 Å². The fraction of sp³-hybridized carbons (Fsp3) is 0.469. The van der Waals surface area contributed by atoms with Crippen molar-refractivity contribution in [2.75, 3.05) is 5.32 Å². The highest BCUT2D eigenvalue weighted by Crippen LogP contribution is 2.46. The molecular formula is C49H54ClN11O5. The Morgan fingerprint density at radius 3 is 1.95 bits per heavy atom. The molecular weight excluding hydrogens is 858 g/mol. The summed E-state index contributed by atoms with van der Waals surface area (Å²) < 4.78 is 22.0. The fourth-order valence-corrected chi connectivity index (χ4v) is 10.6. The average molecular weight is 912 g/mol.